The first-order valence-corrected chi connectivity index (χ1v) is 9.70. The molecule has 1 heterocycles. The second kappa shape index (κ2) is 11.4. The van der Waals surface area contributed by atoms with E-state index >= 15 is 0 Å². The lowest BCUT2D eigenvalue weighted by Crippen LogP contribution is -2.26. The molecule has 30 heavy (non-hydrogen) atoms. The van der Waals surface area contributed by atoms with Crippen molar-refractivity contribution in [2.75, 3.05) is 18.4 Å². The third kappa shape index (κ3) is 8.18. The highest BCUT2D eigenvalue weighted by molar-refractivity contribution is 5.94. The molecule has 0 radical (unpaired) electrons. The zero-order valence-electron chi connectivity index (χ0n) is 17.1. The summed E-state index contributed by atoms with van der Waals surface area (Å²) in [5, 5.41) is 22.1. The second-order valence-electron chi connectivity index (χ2n) is 7.06. The molecule has 0 aromatic heterocycles. The van der Waals surface area contributed by atoms with Gasteiger partial charge in [-0.05, 0) is 41.2 Å². The number of rotatable bonds is 6. The van der Waals surface area contributed by atoms with Gasteiger partial charge in [0.05, 0.1) is 6.54 Å². The Balaban J connectivity index is 0.000000343. The molecule has 1 aliphatic rings. The minimum Gasteiger partial charge on any atom is -0.478 e. The number of aliphatic carboxylic acids is 2. The molecule has 0 unspecified atom stereocenters. The van der Waals surface area contributed by atoms with E-state index in [2.05, 4.69) is 78.0 Å². The van der Waals surface area contributed by atoms with Crippen molar-refractivity contribution in [3.63, 3.8) is 0 Å². The van der Waals surface area contributed by atoms with Crippen molar-refractivity contribution >= 4 is 23.6 Å². The number of hydrogen-bond acceptors (Lipinski definition) is 5. The number of carboxylic acids is 2. The quantitative estimate of drug-likeness (QED) is 0.544. The van der Waals surface area contributed by atoms with E-state index in [4.69, 9.17) is 10.2 Å². The first kappa shape index (κ1) is 22.7. The minimum atomic E-state index is -1.26. The van der Waals surface area contributed by atoms with Crippen LogP contribution in [0.2, 0.25) is 0 Å². The SMILES string of the molecule is CC(C)c1ccc(Cc2ccc(NC3=NCCN3)cc2)cc1.O=C(O)/C=C/C(=O)O. The molecular formula is C23H27N3O4. The van der Waals surface area contributed by atoms with Crippen LogP contribution in [0.3, 0.4) is 0 Å². The number of hydrogen-bond donors (Lipinski definition) is 4. The Hall–Kier alpha value is -3.61. The van der Waals surface area contributed by atoms with Crippen molar-refractivity contribution in [2.45, 2.75) is 26.2 Å². The number of carboxylic acid groups (broad SMARTS) is 2. The van der Waals surface area contributed by atoms with Gasteiger partial charge in [0, 0.05) is 24.4 Å². The van der Waals surface area contributed by atoms with Crippen LogP contribution in [-0.4, -0.2) is 41.2 Å². The number of nitrogens with one attached hydrogen (secondary N) is 2. The van der Waals surface area contributed by atoms with Crippen molar-refractivity contribution in [1.29, 1.82) is 0 Å². The molecule has 0 spiro atoms. The van der Waals surface area contributed by atoms with Gasteiger partial charge in [0.2, 0.25) is 0 Å². The van der Waals surface area contributed by atoms with Crippen molar-refractivity contribution in [3.05, 3.63) is 77.4 Å². The van der Waals surface area contributed by atoms with E-state index in [1.807, 2.05) is 0 Å². The number of benzene rings is 2. The van der Waals surface area contributed by atoms with Crippen LogP contribution in [0.15, 0.2) is 65.7 Å². The largest absolute Gasteiger partial charge is 0.478 e. The lowest BCUT2D eigenvalue weighted by atomic mass is 9.99. The van der Waals surface area contributed by atoms with Crippen LogP contribution < -0.4 is 10.6 Å². The van der Waals surface area contributed by atoms with Crippen LogP contribution in [0.4, 0.5) is 5.69 Å². The number of nitrogens with zero attached hydrogens (tertiary/aromatic N) is 1. The fourth-order valence-electron chi connectivity index (χ4n) is 2.72. The van der Waals surface area contributed by atoms with E-state index < -0.39 is 11.9 Å². The molecule has 2 aromatic rings. The number of carbonyl (C=O) groups is 2. The van der Waals surface area contributed by atoms with Gasteiger partial charge in [0.1, 0.15) is 0 Å². The normalized spacial score (nSPS) is 12.7. The monoisotopic (exact) mass is 409 g/mol. The summed E-state index contributed by atoms with van der Waals surface area (Å²) in [7, 11) is 0. The van der Waals surface area contributed by atoms with Crippen LogP contribution >= 0.6 is 0 Å². The Bertz CT molecular complexity index is 885. The lowest BCUT2D eigenvalue weighted by Gasteiger charge is -2.09. The van der Waals surface area contributed by atoms with Crippen molar-refractivity contribution in [1.82, 2.24) is 5.32 Å². The molecule has 3 rings (SSSR count). The van der Waals surface area contributed by atoms with Crippen LogP contribution in [-0.2, 0) is 16.0 Å². The summed E-state index contributed by atoms with van der Waals surface area (Å²) in [4.78, 5) is 23.4. The lowest BCUT2D eigenvalue weighted by molar-refractivity contribution is -0.134. The average Bonchev–Trinajstić information content (AvgIpc) is 3.22. The van der Waals surface area contributed by atoms with Gasteiger partial charge in [-0.25, -0.2) is 9.59 Å². The fraction of sp³-hybridized carbons (Fsp3) is 0.261. The molecule has 0 aliphatic carbocycles. The van der Waals surface area contributed by atoms with Crippen LogP contribution in [0, 0.1) is 0 Å². The van der Waals surface area contributed by atoms with Crippen molar-refractivity contribution in [3.8, 4) is 0 Å². The summed E-state index contributed by atoms with van der Waals surface area (Å²) in [6, 6.07) is 17.5. The van der Waals surface area contributed by atoms with Crippen molar-refractivity contribution in [2.24, 2.45) is 4.99 Å². The summed E-state index contributed by atoms with van der Waals surface area (Å²) < 4.78 is 0. The highest BCUT2D eigenvalue weighted by Crippen LogP contribution is 2.18. The first-order valence-electron chi connectivity index (χ1n) is 9.70. The standard InChI is InChI=1S/C19H23N3.C4H4O4/c1-14(2)17-7-3-15(4-8-17)13-16-5-9-18(10-6-16)22-19-20-11-12-21-19;5-3(6)1-2-4(7)8/h3-10,14H,11-13H2,1-2H3,(H2,20,21,22);1-2H,(H,5,6)(H,7,8)/b;2-1+. The van der Waals surface area contributed by atoms with Gasteiger partial charge in [-0.3, -0.25) is 4.99 Å². The maximum atomic E-state index is 9.55. The average molecular weight is 409 g/mol. The first-order chi connectivity index (χ1) is 14.3. The molecule has 0 amide bonds. The van der Waals surface area contributed by atoms with E-state index in [9.17, 15) is 9.59 Å². The summed E-state index contributed by atoms with van der Waals surface area (Å²) >= 11 is 0. The van der Waals surface area contributed by atoms with Crippen molar-refractivity contribution < 1.29 is 19.8 Å². The molecule has 158 valence electrons. The predicted octanol–water partition coefficient (Wildman–Crippen LogP) is 3.48. The molecule has 0 fully saturated rings. The molecule has 1 aliphatic heterocycles. The summed E-state index contributed by atoms with van der Waals surface area (Å²) in [5.74, 6) is -1.05. The van der Waals surface area contributed by atoms with E-state index in [1.54, 1.807) is 0 Å². The Labute approximate surface area is 176 Å². The van der Waals surface area contributed by atoms with Gasteiger partial charge in [0.15, 0.2) is 5.96 Å². The number of guanidine groups is 1. The Morgan fingerprint density at radius 3 is 1.97 bits per heavy atom. The molecule has 0 bridgehead atoms. The van der Waals surface area contributed by atoms with Crippen LogP contribution in [0.25, 0.3) is 0 Å². The molecule has 0 atom stereocenters. The fourth-order valence-corrected chi connectivity index (χ4v) is 2.72. The molecule has 4 N–H and O–H groups in total. The van der Waals surface area contributed by atoms with Gasteiger partial charge in [0.25, 0.3) is 0 Å². The topological polar surface area (TPSA) is 111 Å². The molecule has 2 aromatic carbocycles. The minimum absolute atomic E-state index is 0.558. The second-order valence-corrected chi connectivity index (χ2v) is 7.06. The highest BCUT2D eigenvalue weighted by Gasteiger charge is 2.05. The maximum Gasteiger partial charge on any atom is 0.328 e. The number of anilines is 1. The third-order valence-corrected chi connectivity index (χ3v) is 4.31. The van der Waals surface area contributed by atoms with Gasteiger partial charge in [-0.15, -0.1) is 0 Å². The van der Waals surface area contributed by atoms with Gasteiger partial charge >= 0.3 is 11.9 Å². The van der Waals surface area contributed by atoms with Gasteiger partial charge in [-0.1, -0.05) is 50.2 Å². The molecule has 7 nitrogen and oxygen atoms in total. The maximum absolute atomic E-state index is 9.55. The molecular weight excluding hydrogens is 382 g/mol. The smallest absolute Gasteiger partial charge is 0.328 e. The van der Waals surface area contributed by atoms with Gasteiger partial charge < -0.3 is 20.8 Å². The van der Waals surface area contributed by atoms with Crippen LogP contribution in [0.5, 0.6) is 0 Å². The third-order valence-electron chi connectivity index (χ3n) is 4.31. The Morgan fingerprint density at radius 1 is 1.00 bits per heavy atom. The predicted molar refractivity (Wildman–Crippen MR) is 118 cm³/mol. The summed E-state index contributed by atoms with van der Waals surface area (Å²) in [5.41, 5.74) is 5.15. The zero-order valence-corrected chi connectivity index (χ0v) is 17.1. The molecule has 0 saturated heterocycles. The summed E-state index contributed by atoms with van der Waals surface area (Å²) in [6.45, 7) is 6.23. The number of aliphatic imine (C=N–C) groups is 1. The molecule has 7 heteroatoms. The van der Waals surface area contributed by atoms with Crippen LogP contribution in [0.1, 0.15) is 36.5 Å². The van der Waals surface area contributed by atoms with E-state index in [-0.39, 0.29) is 0 Å². The van der Waals surface area contributed by atoms with E-state index in [0.717, 1.165) is 31.2 Å². The summed E-state index contributed by atoms with van der Waals surface area (Å²) in [6.07, 6.45) is 2.09. The molecule has 0 saturated carbocycles. The zero-order chi connectivity index (χ0) is 21.9. The highest BCUT2D eigenvalue weighted by atomic mass is 16.4. The Kier molecular flexibility index (Phi) is 8.62. The van der Waals surface area contributed by atoms with E-state index in [1.165, 1.54) is 16.7 Å². The van der Waals surface area contributed by atoms with E-state index in [0.29, 0.717) is 18.1 Å². The Morgan fingerprint density at radius 2 is 1.53 bits per heavy atom. The van der Waals surface area contributed by atoms with Gasteiger partial charge in [-0.2, -0.15) is 0 Å².